The molecule has 0 aromatic carbocycles. The van der Waals surface area contributed by atoms with Crippen LogP contribution >= 0.6 is 0 Å². The fraction of sp³-hybridized carbons (Fsp3) is 0.667. The maximum Gasteiger partial charge on any atom is 0.256 e. The van der Waals surface area contributed by atoms with Gasteiger partial charge in [0.2, 0.25) is 0 Å². The molecule has 3 heterocycles. The summed E-state index contributed by atoms with van der Waals surface area (Å²) in [5, 5.41) is 4.00. The van der Waals surface area contributed by atoms with E-state index in [0.29, 0.717) is 38.4 Å². The lowest BCUT2D eigenvalue weighted by Gasteiger charge is -2.41. The number of hydrogen-bond donors (Lipinski definition) is 1. The minimum Gasteiger partial charge on any atom is -0.374 e. The molecule has 3 unspecified atom stereocenters. The van der Waals surface area contributed by atoms with Crippen molar-refractivity contribution in [3.8, 4) is 0 Å². The van der Waals surface area contributed by atoms with Gasteiger partial charge in [-0.25, -0.2) is 21.6 Å². The van der Waals surface area contributed by atoms with Gasteiger partial charge in [-0.05, 0) is 19.3 Å². The molecule has 2 fully saturated rings. The highest BCUT2D eigenvalue weighted by Crippen LogP contribution is 2.38. The van der Waals surface area contributed by atoms with Crippen LogP contribution in [0.25, 0.3) is 0 Å². The molecule has 176 valence electrons. The van der Waals surface area contributed by atoms with Crippen molar-refractivity contribution in [2.75, 3.05) is 6.61 Å². The number of allylic oxidation sites excluding steroid dienone is 3. The van der Waals surface area contributed by atoms with Crippen molar-refractivity contribution < 1.29 is 26.3 Å². The average molecular weight is 473 g/mol. The highest BCUT2D eigenvalue weighted by molar-refractivity contribution is 7.90. The largest absolute Gasteiger partial charge is 0.374 e. The molecule has 1 saturated carbocycles. The van der Waals surface area contributed by atoms with E-state index in [1.807, 2.05) is 0 Å². The summed E-state index contributed by atoms with van der Waals surface area (Å²) in [6.45, 7) is 1.29. The van der Waals surface area contributed by atoms with Gasteiger partial charge >= 0.3 is 0 Å². The van der Waals surface area contributed by atoms with E-state index in [2.05, 4.69) is 10.00 Å². The van der Waals surface area contributed by atoms with Gasteiger partial charge in [0.15, 0.2) is 5.83 Å². The smallest absolute Gasteiger partial charge is 0.256 e. The van der Waals surface area contributed by atoms with E-state index >= 15 is 0 Å². The maximum atomic E-state index is 14.2. The monoisotopic (exact) mass is 472 g/mol. The normalized spacial score (nSPS) is 32.4. The van der Waals surface area contributed by atoms with Crippen molar-refractivity contribution in [3.63, 3.8) is 0 Å². The zero-order chi connectivity index (χ0) is 22.6. The molecule has 32 heavy (non-hydrogen) atoms. The molecular formula is C21H27F3N4O3S. The lowest BCUT2D eigenvalue weighted by molar-refractivity contribution is -0.0731. The number of halogens is 3. The van der Waals surface area contributed by atoms with Crippen LogP contribution in [0, 0.1) is 5.92 Å². The van der Waals surface area contributed by atoms with Gasteiger partial charge in [-0.15, -0.1) is 0 Å². The third kappa shape index (κ3) is 3.82. The van der Waals surface area contributed by atoms with Crippen molar-refractivity contribution in [1.82, 2.24) is 14.1 Å². The van der Waals surface area contributed by atoms with Gasteiger partial charge in [-0.1, -0.05) is 12.8 Å². The number of aromatic nitrogens is 2. The first-order valence-corrected chi connectivity index (χ1v) is 12.6. The number of rotatable bonds is 4. The van der Waals surface area contributed by atoms with Crippen LogP contribution in [0.1, 0.15) is 49.8 Å². The minimum atomic E-state index is -3.46. The first-order valence-electron chi connectivity index (χ1n) is 11.1. The van der Waals surface area contributed by atoms with Gasteiger partial charge < -0.3 is 10.5 Å². The molecule has 7 nitrogen and oxygen atoms in total. The standard InChI is InChI=1S/C21H27F3N4O3S/c22-16-7-18(24)17(23)6-15(16)21-19(25)5-13(11-31-21)27-8-12-9-28(26-20(12)10-27)32(29,30)14-3-1-2-4-14/h7,9,13-15,19,21H,1-6,8,10-11,25H2/t13?,15?,19?,21-/m1/s1. The van der Waals surface area contributed by atoms with E-state index in [9.17, 15) is 21.6 Å². The number of hydrogen-bond acceptors (Lipinski definition) is 6. The van der Waals surface area contributed by atoms with Gasteiger partial charge in [0.1, 0.15) is 11.7 Å². The summed E-state index contributed by atoms with van der Waals surface area (Å²) in [5.41, 5.74) is 7.86. The summed E-state index contributed by atoms with van der Waals surface area (Å²) in [6, 6.07) is -0.592. The highest BCUT2D eigenvalue weighted by atomic mass is 32.2. The SMILES string of the molecule is NC1CC(N2Cc3cn(S(=O)(=O)C4CCCC4)nc3C2)CO[C@@H]1C1CC(F)=C(F)C=C1F. The van der Waals surface area contributed by atoms with E-state index in [1.54, 1.807) is 6.20 Å². The molecule has 0 spiro atoms. The van der Waals surface area contributed by atoms with Crippen LogP contribution in [0.4, 0.5) is 13.2 Å². The van der Waals surface area contributed by atoms with E-state index in [-0.39, 0.29) is 17.9 Å². The second kappa shape index (κ2) is 8.27. The predicted octanol–water partition coefficient (Wildman–Crippen LogP) is 2.83. The maximum absolute atomic E-state index is 14.2. The molecule has 0 bridgehead atoms. The van der Waals surface area contributed by atoms with Crippen molar-refractivity contribution >= 4 is 10.0 Å². The van der Waals surface area contributed by atoms with Crippen LogP contribution in [-0.2, 0) is 27.8 Å². The first-order chi connectivity index (χ1) is 15.2. The molecule has 4 aliphatic rings. The third-order valence-corrected chi connectivity index (χ3v) is 9.23. The lowest BCUT2D eigenvalue weighted by atomic mass is 9.84. The fourth-order valence-electron chi connectivity index (χ4n) is 5.38. The van der Waals surface area contributed by atoms with E-state index in [1.165, 1.54) is 0 Å². The summed E-state index contributed by atoms with van der Waals surface area (Å²) >= 11 is 0. The molecule has 0 amide bonds. The molecule has 11 heteroatoms. The van der Waals surface area contributed by atoms with Gasteiger partial charge in [0.05, 0.1) is 23.7 Å². The van der Waals surface area contributed by atoms with Crippen LogP contribution in [0.5, 0.6) is 0 Å². The minimum absolute atomic E-state index is 0.0527. The van der Waals surface area contributed by atoms with Crippen molar-refractivity contribution in [3.05, 3.63) is 41.0 Å². The average Bonchev–Trinajstić information content (AvgIpc) is 3.47. The molecule has 2 aliphatic carbocycles. The summed E-state index contributed by atoms with van der Waals surface area (Å²) in [7, 11) is -3.46. The van der Waals surface area contributed by atoms with Crippen molar-refractivity contribution in [2.24, 2.45) is 11.7 Å². The Bertz CT molecular complexity index is 1040. The quantitative estimate of drug-likeness (QED) is 0.725. The Kier molecular flexibility index (Phi) is 5.71. The fourth-order valence-corrected chi connectivity index (χ4v) is 7.10. The molecule has 1 aromatic rings. The van der Waals surface area contributed by atoms with Crippen molar-refractivity contribution in [2.45, 2.75) is 75.1 Å². The Labute approximate surface area is 185 Å². The second-order valence-corrected chi connectivity index (χ2v) is 11.3. The van der Waals surface area contributed by atoms with Crippen LogP contribution in [-0.4, -0.2) is 52.5 Å². The molecule has 2 aliphatic heterocycles. The van der Waals surface area contributed by atoms with E-state index in [4.69, 9.17) is 10.5 Å². The number of nitrogens with two attached hydrogens (primary N) is 1. The highest BCUT2D eigenvalue weighted by Gasteiger charge is 2.42. The van der Waals surface area contributed by atoms with Crippen LogP contribution in [0.15, 0.2) is 29.8 Å². The summed E-state index contributed by atoms with van der Waals surface area (Å²) in [5.74, 6) is -3.84. The third-order valence-electron chi connectivity index (χ3n) is 7.20. The molecule has 5 rings (SSSR count). The van der Waals surface area contributed by atoms with Crippen LogP contribution < -0.4 is 5.73 Å². The topological polar surface area (TPSA) is 90.5 Å². The zero-order valence-corrected chi connectivity index (χ0v) is 18.4. The van der Waals surface area contributed by atoms with E-state index < -0.39 is 52.0 Å². The molecule has 1 aromatic heterocycles. The van der Waals surface area contributed by atoms with Gasteiger partial charge in [0, 0.05) is 55.3 Å². The Hall–Kier alpha value is -1.69. The molecular weight excluding hydrogens is 445 g/mol. The summed E-state index contributed by atoms with van der Waals surface area (Å²) in [6.07, 6.45) is 4.79. The van der Waals surface area contributed by atoms with E-state index in [0.717, 1.165) is 28.2 Å². The van der Waals surface area contributed by atoms with Crippen LogP contribution in [0.3, 0.4) is 0 Å². The Morgan fingerprint density at radius 1 is 1.16 bits per heavy atom. The molecule has 4 atom stereocenters. The van der Waals surface area contributed by atoms with Gasteiger partial charge in [-0.2, -0.15) is 9.19 Å². The Morgan fingerprint density at radius 2 is 1.91 bits per heavy atom. The lowest BCUT2D eigenvalue weighted by Crippen LogP contribution is -2.54. The Morgan fingerprint density at radius 3 is 2.59 bits per heavy atom. The van der Waals surface area contributed by atoms with Crippen molar-refractivity contribution in [1.29, 1.82) is 0 Å². The summed E-state index contributed by atoms with van der Waals surface area (Å²) in [4.78, 5) is 2.12. The summed E-state index contributed by atoms with van der Waals surface area (Å²) < 4.78 is 73.7. The van der Waals surface area contributed by atoms with Gasteiger partial charge in [-0.3, -0.25) is 4.90 Å². The van der Waals surface area contributed by atoms with Crippen LogP contribution in [0.2, 0.25) is 0 Å². The number of nitrogens with zero attached hydrogens (tertiary/aromatic N) is 3. The second-order valence-electron chi connectivity index (χ2n) is 9.27. The zero-order valence-electron chi connectivity index (χ0n) is 17.6. The first kappa shape index (κ1) is 22.1. The number of ether oxygens (including phenoxy) is 1. The Balaban J connectivity index is 1.22. The molecule has 0 radical (unpaired) electrons. The number of fused-ring (bicyclic) bond motifs is 1. The molecule has 2 N–H and O–H groups in total. The van der Waals surface area contributed by atoms with Gasteiger partial charge in [0.25, 0.3) is 10.0 Å². The molecule has 1 saturated heterocycles. The predicted molar refractivity (Wildman–Crippen MR) is 111 cm³/mol.